The van der Waals surface area contributed by atoms with Gasteiger partial charge in [0.25, 0.3) is 0 Å². The van der Waals surface area contributed by atoms with Crippen molar-refractivity contribution in [2.45, 2.75) is 65.0 Å². The molecular weight excluding hydrogens is 242 g/mol. The minimum absolute atomic E-state index is 0.0670. The predicted octanol–water partition coefficient (Wildman–Crippen LogP) is 0.925. The number of amides is 2. The summed E-state index contributed by atoms with van der Waals surface area (Å²) in [6.07, 6.45) is 3.32. The van der Waals surface area contributed by atoms with E-state index in [0.29, 0.717) is 25.4 Å². The lowest BCUT2D eigenvalue weighted by atomic mass is 9.74. The molecule has 5 nitrogen and oxygen atoms in total. The van der Waals surface area contributed by atoms with Gasteiger partial charge in [-0.2, -0.15) is 0 Å². The maximum absolute atomic E-state index is 12.1. The van der Waals surface area contributed by atoms with Crippen LogP contribution in [0.5, 0.6) is 0 Å². The number of hydrogen-bond donors (Lipinski definition) is 3. The van der Waals surface area contributed by atoms with Crippen molar-refractivity contribution in [3.8, 4) is 0 Å². The first kappa shape index (κ1) is 16.0. The summed E-state index contributed by atoms with van der Waals surface area (Å²) in [5.41, 5.74) is 4.78. The van der Waals surface area contributed by atoms with Crippen LogP contribution >= 0.6 is 0 Å². The number of carbonyl (C=O) groups is 2. The summed E-state index contributed by atoms with van der Waals surface area (Å²) >= 11 is 0. The standard InChI is InChI=1S/C14H27N3O2/c1-13(2,14(3,4)15)12(19)16-9-5-6-11(18)17-10-7-8-10/h10H,5-9,15H2,1-4H3,(H,16,19)(H,17,18). The molecule has 5 heteroatoms. The Labute approximate surface area is 115 Å². The van der Waals surface area contributed by atoms with Crippen LogP contribution in [0, 0.1) is 5.41 Å². The summed E-state index contributed by atoms with van der Waals surface area (Å²) < 4.78 is 0. The molecule has 0 saturated heterocycles. The molecule has 0 aromatic rings. The Morgan fingerprint density at radius 1 is 1.21 bits per heavy atom. The first-order valence-corrected chi connectivity index (χ1v) is 7.01. The van der Waals surface area contributed by atoms with Crippen molar-refractivity contribution in [2.24, 2.45) is 11.1 Å². The number of nitrogens with two attached hydrogens (primary N) is 1. The van der Waals surface area contributed by atoms with Gasteiger partial charge in [0.15, 0.2) is 0 Å². The van der Waals surface area contributed by atoms with E-state index in [4.69, 9.17) is 5.73 Å². The zero-order valence-corrected chi connectivity index (χ0v) is 12.5. The number of nitrogens with one attached hydrogen (secondary N) is 2. The lowest BCUT2D eigenvalue weighted by Crippen LogP contribution is -2.55. The molecule has 0 aliphatic heterocycles. The van der Waals surface area contributed by atoms with Crippen molar-refractivity contribution in [3.63, 3.8) is 0 Å². The fourth-order valence-corrected chi connectivity index (χ4v) is 1.49. The van der Waals surface area contributed by atoms with E-state index in [1.54, 1.807) is 0 Å². The van der Waals surface area contributed by atoms with Crippen molar-refractivity contribution in [2.75, 3.05) is 6.54 Å². The minimum Gasteiger partial charge on any atom is -0.356 e. The number of rotatable bonds is 7. The van der Waals surface area contributed by atoms with Crippen LogP contribution in [0.1, 0.15) is 53.4 Å². The van der Waals surface area contributed by atoms with Crippen molar-refractivity contribution in [1.82, 2.24) is 10.6 Å². The van der Waals surface area contributed by atoms with Crippen LogP contribution < -0.4 is 16.4 Å². The van der Waals surface area contributed by atoms with Crippen LogP contribution in [-0.2, 0) is 9.59 Å². The molecule has 0 atom stereocenters. The molecule has 0 aromatic carbocycles. The first-order chi connectivity index (χ1) is 8.64. The average Bonchev–Trinajstić information content (AvgIpc) is 3.06. The van der Waals surface area contributed by atoms with E-state index in [1.807, 2.05) is 27.7 Å². The maximum atomic E-state index is 12.1. The summed E-state index contributed by atoms with van der Waals surface area (Å²) in [6, 6.07) is 0.402. The second-order valence-corrected chi connectivity index (χ2v) is 6.55. The Balaban J connectivity index is 2.21. The molecule has 1 rings (SSSR count). The highest BCUT2D eigenvalue weighted by atomic mass is 16.2. The van der Waals surface area contributed by atoms with Crippen LogP contribution in [0.4, 0.5) is 0 Å². The third-order valence-corrected chi connectivity index (χ3v) is 3.99. The largest absolute Gasteiger partial charge is 0.356 e. The van der Waals surface area contributed by atoms with E-state index >= 15 is 0 Å². The van der Waals surface area contributed by atoms with Gasteiger partial charge in [0.05, 0.1) is 5.41 Å². The molecule has 110 valence electrons. The molecular formula is C14H27N3O2. The molecule has 0 radical (unpaired) electrons. The summed E-state index contributed by atoms with van der Waals surface area (Å²) in [5, 5.41) is 5.78. The van der Waals surface area contributed by atoms with Gasteiger partial charge >= 0.3 is 0 Å². The average molecular weight is 269 g/mol. The normalized spacial score (nSPS) is 16.1. The monoisotopic (exact) mass is 269 g/mol. The number of hydrogen-bond acceptors (Lipinski definition) is 3. The molecule has 0 bridgehead atoms. The fourth-order valence-electron chi connectivity index (χ4n) is 1.49. The molecule has 0 aromatic heterocycles. The fraction of sp³-hybridized carbons (Fsp3) is 0.857. The predicted molar refractivity (Wildman–Crippen MR) is 75.5 cm³/mol. The van der Waals surface area contributed by atoms with Gasteiger partial charge in [0.2, 0.25) is 11.8 Å². The SMILES string of the molecule is CC(C)(N)C(C)(C)C(=O)NCCCC(=O)NC1CC1. The van der Waals surface area contributed by atoms with Gasteiger partial charge in [-0.1, -0.05) is 0 Å². The quantitative estimate of drug-likeness (QED) is 0.601. The Bertz CT molecular complexity index is 341. The summed E-state index contributed by atoms with van der Waals surface area (Å²) in [5.74, 6) is 0.0118. The topological polar surface area (TPSA) is 84.2 Å². The van der Waals surface area contributed by atoms with Crippen LogP contribution in [-0.4, -0.2) is 29.9 Å². The molecule has 2 amide bonds. The first-order valence-electron chi connectivity index (χ1n) is 7.01. The Hall–Kier alpha value is -1.10. The van der Waals surface area contributed by atoms with Crippen LogP contribution in [0.25, 0.3) is 0 Å². The summed E-state index contributed by atoms with van der Waals surface area (Å²) in [6.45, 7) is 7.87. The van der Waals surface area contributed by atoms with Crippen LogP contribution in [0.2, 0.25) is 0 Å². The molecule has 4 N–H and O–H groups in total. The molecule has 1 saturated carbocycles. The van der Waals surface area contributed by atoms with Crippen molar-refractivity contribution in [1.29, 1.82) is 0 Å². The second-order valence-electron chi connectivity index (χ2n) is 6.55. The Kier molecular flexibility index (Phi) is 4.96. The molecule has 0 spiro atoms. The zero-order chi connectivity index (χ0) is 14.7. The van der Waals surface area contributed by atoms with Gasteiger partial charge in [-0.05, 0) is 47.0 Å². The summed E-state index contributed by atoms with van der Waals surface area (Å²) in [7, 11) is 0. The van der Waals surface area contributed by atoms with E-state index in [9.17, 15) is 9.59 Å². The van der Waals surface area contributed by atoms with Gasteiger partial charge in [-0.3, -0.25) is 9.59 Å². The molecule has 0 unspecified atom stereocenters. The van der Waals surface area contributed by atoms with Gasteiger partial charge < -0.3 is 16.4 Å². The summed E-state index contributed by atoms with van der Waals surface area (Å²) in [4.78, 5) is 23.5. The molecule has 0 heterocycles. The van der Waals surface area contributed by atoms with Crippen molar-refractivity contribution in [3.05, 3.63) is 0 Å². The highest BCUT2D eigenvalue weighted by Crippen LogP contribution is 2.28. The molecule has 1 aliphatic rings. The third kappa shape index (κ3) is 4.82. The van der Waals surface area contributed by atoms with Gasteiger partial charge in [-0.15, -0.1) is 0 Å². The third-order valence-electron chi connectivity index (χ3n) is 3.99. The lowest BCUT2D eigenvalue weighted by molar-refractivity contribution is -0.132. The lowest BCUT2D eigenvalue weighted by Gasteiger charge is -2.36. The second kappa shape index (κ2) is 5.90. The Morgan fingerprint density at radius 3 is 2.26 bits per heavy atom. The number of carbonyl (C=O) groups excluding carboxylic acids is 2. The zero-order valence-electron chi connectivity index (χ0n) is 12.5. The maximum Gasteiger partial charge on any atom is 0.227 e. The van der Waals surface area contributed by atoms with E-state index in [-0.39, 0.29) is 11.8 Å². The highest BCUT2D eigenvalue weighted by Gasteiger charge is 2.40. The van der Waals surface area contributed by atoms with Gasteiger partial charge in [0.1, 0.15) is 0 Å². The molecule has 1 fully saturated rings. The van der Waals surface area contributed by atoms with Crippen molar-refractivity contribution >= 4 is 11.8 Å². The van der Waals surface area contributed by atoms with Gasteiger partial charge in [0, 0.05) is 24.5 Å². The highest BCUT2D eigenvalue weighted by molar-refractivity contribution is 5.83. The smallest absolute Gasteiger partial charge is 0.227 e. The van der Waals surface area contributed by atoms with E-state index in [0.717, 1.165) is 12.8 Å². The van der Waals surface area contributed by atoms with Gasteiger partial charge in [-0.25, -0.2) is 0 Å². The van der Waals surface area contributed by atoms with Crippen molar-refractivity contribution < 1.29 is 9.59 Å². The van der Waals surface area contributed by atoms with E-state index in [1.165, 1.54) is 0 Å². The van der Waals surface area contributed by atoms with E-state index in [2.05, 4.69) is 10.6 Å². The minimum atomic E-state index is -0.636. The molecule has 19 heavy (non-hydrogen) atoms. The Morgan fingerprint density at radius 2 is 1.79 bits per heavy atom. The van der Waals surface area contributed by atoms with Crippen LogP contribution in [0.15, 0.2) is 0 Å². The van der Waals surface area contributed by atoms with E-state index < -0.39 is 11.0 Å². The molecule has 1 aliphatic carbocycles. The van der Waals surface area contributed by atoms with Crippen LogP contribution in [0.3, 0.4) is 0 Å².